The fraction of sp³-hybridized carbons (Fsp3) is 0.263. The molecule has 0 spiro atoms. The molecule has 1 amide bonds. The molecule has 1 N–H and O–H groups in total. The van der Waals surface area contributed by atoms with Gasteiger partial charge in [0, 0.05) is 30.7 Å². The molecule has 26 heavy (non-hydrogen) atoms. The number of amides is 1. The van der Waals surface area contributed by atoms with Crippen molar-refractivity contribution < 1.29 is 4.79 Å². The minimum absolute atomic E-state index is 0.187. The van der Waals surface area contributed by atoms with E-state index in [4.69, 9.17) is 0 Å². The number of nitrogens with zero attached hydrogens (tertiary/aromatic N) is 4. The number of benzene rings is 1. The van der Waals surface area contributed by atoms with Crippen molar-refractivity contribution in [1.29, 1.82) is 0 Å². The zero-order valence-electron chi connectivity index (χ0n) is 14.8. The number of carbonyl (C=O) groups excluding carboxylic acids is 1. The van der Waals surface area contributed by atoms with Gasteiger partial charge in [0.15, 0.2) is 0 Å². The van der Waals surface area contributed by atoms with Gasteiger partial charge in [-0.15, -0.1) is 0 Å². The van der Waals surface area contributed by atoms with Crippen molar-refractivity contribution in [1.82, 2.24) is 24.6 Å². The lowest BCUT2D eigenvalue weighted by molar-refractivity contribution is 0.0932. The second kappa shape index (κ2) is 7.77. The zero-order chi connectivity index (χ0) is 18.5. The molecule has 0 fully saturated rings. The van der Waals surface area contributed by atoms with Crippen molar-refractivity contribution in [3.63, 3.8) is 0 Å². The SMILES string of the molecule is CCCn1nc(C(=O)NC(C)c2ccc(-n3ccnc3)cc2)ccc1=O. The Morgan fingerprint density at radius 2 is 1.96 bits per heavy atom. The average Bonchev–Trinajstić information content (AvgIpc) is 3.18. The molecule has 0 saturated carbocycles. The monoisotopic (exact) mass is 351 g/mol. The van der Waals surface area contributed by atoms with Crippen LogP contribution in [-0.4, -0.2) is 25.2 Å². The van der Waals surface area contributed by atoms with Crippen molar-refractivity contribution in [2.24, 2.45) is 0 Å². The van der Waals surface area contributed by atoms with Gasteiger partial charge in [0.25, 0.3) is 11.5 Å². The minimum Gasteiger partial charge on any atom is -0.344 e. The quantitative estimate of drug-likeness (QED) is 0.739. The molecular weight excluding hydrogens is 330 g/mol. The van der Waals surface area contributed by atoms with Gasteiger partial charge in [-0.25, -0.2) is 9.67 Å². The fourth-order valence-electron chi connectivity index (χ4n) is 2.64. The van der Waals surface area contributed by atoms with Crippen LogP contribution in [0.2, 0.25) is 0 Å². The molecule has 7 heteroatoms. The molecule has 0 bridgehead atoms. The van der Waals surface area contributed by atoms with E-state index in [1.54, 1.807) is 12.5 Å². The Kier molecular flexibility index (Phi) is 5.26. The number of hydrogen-bond donors (Lipinski definition) is 1. The number of imidazole rings is 1. The highest BCUT2D eigenvalue weighted by molar-refractivity contribution is 5.92. The van der Waals surface area contributed by atoms with Crippen molar-refractivity contribution in [2.75, 3.05) is 0 Å². The van der Waals surface area contributed by atoms with E-state index in [9.17, 15) is 9.59 Å². The summed E-state index contributed by atoms with van der Waals surface area (Å²) in [5, 5.41) is 7.06. The van der Waals surface area contributed by atoms with Gasteiger partial charge in [-0.05, 0) is 37.1 Å². The summed E-state index contributed by atoms with van der Waals surface area (Å²) in [6, 6.07) is 10.5. The topological polar surface area (TPSA) is 81.8 Å². The first-order valence-corrected chi connectivity index (χ1v) is 8.56. The lowest BCUT2D eigenvalue weighted by Gasteiger charge is -2.15. The van der Waals surface area contributed by atoms with Crippen LogP contribution in [0.4, 0.5) is 0 Å². The maximum absolute atomic E-state index is 12.4. The number of nitrogens with one attached hydrogen (secondary N) is 1. The first-order valence-electron chi connectivity index (χ1n) is 8.56. The lowest BCUT2D eigenvalue weighted by atomic mass is 10.1. The Labute approximate surface area is 151 Å². The summed E-state index contributed by atoms with van der Waals surface area (Å²) in [4.78, 5) is 28.2. The Bertz CT molecular complexity index is 929. The van der Waals surface area contributed by atoms with E-state index in [-0.39, 0.29) is 23.2 Å². The third-order valence-corrected chi connectivity index (χ3v) is 4.08. The van der Waals surface area contributed by atoms with Crippen LogP contribution in [-0.2, 0) is 6.54 Å². The van der Waals surface area contributed by atoms with Gasteiger partial charge in [0.05, 0.1) is 12.4 Å². The van der Waals surface area contributed by atoms with Gasteiger partial charge in [0.1, 0.15) is 5.69 Å². The van der Waals surface area contributed by atoms with Crippen molar-refractivity contribution in [3.05, 3.63) is 76.7 Å². The highest BCUT2D eigenvalue weighted by atomic mass is 16.2. The summed E-state index contributed by atoms with van der Waals surface area (Å²) in [5.74, 6) is -0.305. The maximum atomic E-state index is 12.4. The average molecular weight is 351 g/mol. The van der Waals surface area contributed by atoms with Crippen LogP contribution in [0.15, 0.2) is 59.9 Å². The third kappa shape index (κ3) is 3.88. The molecule has 3 rings (SSSR count). The molecule has 0 aliphatic heterocycles. The van der Waals surface area contributed by atoms with E-state index in [1.165, 1.54) is 16.8 Å². The standard InChI is InChI=1S/C19H21N5O2/c1-3-11-24-18(25)9-8-17(22-24)19(26)21-14(2)15-4-6-16(7-5-15)23-12-10-20-13-23/h4-10,12-14H,3,11H2,1-2H3,(H,21,26). The summed E-state index contributed by atoms with van der Waals surface area (Å²) in [7, 11) is 0. The number of carbonyl (C=O) groups is 1. The molecule has 134 valence electrons. The van der Waals surface area contributed by atoms with E-state index < -0.39 is 0 Å². The molecule has 0 aliphatic rings. The second-order valence-corrected chi connectivity index (χ2v) is 6.04. The van der Waals surface area contributed by atoms with Gasteiger partial charge in [-0.1, -0.05) is 19.1 Å². The van der Waals surface area contributed by atoms with Crippen molar-refractivity contribution in [3.8, 4) is 5.69 Å². The van der Waals surface area contributed by atoms with E-state index in [1.807, 2.05) is 48.9 Å². The van der Waals surface area contributed by atoms with Crippen LogP contribution in [0.5, 0.6) is 0 Å². The number of aryl methyl sites for hydroxylation is 1. The summed E-state index contributed by atoms with van der Waals surface area (Å²) in [6.07, 6.45) is 6.10. The molecular formula is C19H21N5O2. The van der Waals surface area contributed by atoms with Crippen LogP contribution in [0.1, 0.15) is 42.4 Å². The van der Waals surface area contributed by atoms with E-state index >= 15 is 0 Å². The molecule has 0 saturated heterocycles. The van der Waals surface area contributed by atoms with Gasteiger partial charge in [-0.2, -0.15) is 5.10 Å². The highest BCUT2D eigenvalue weighted by Gasteiger charge is 2.14. The fourth-order valence-corrected chi connectivity index (χ4v) is 2.64. The van der Waals surface area contributed by atoms with Crippen LogP contribution in [0.3, 0.4) is 0 Å². The Balaban J connectivity index is 1.71. The Hall–Kier alpha value is -3.22. The summed E-state index contributed by atoms with van der Waals surface area (Å²) >= 11 is 0. The van der Waals surface area contributed by atoms with Crippen LogP contribution >= 0.6 is 0 Å². The smallest absolute Gasteiger partial charge is 0.272 e. The van der Waals surface area contributed by atoms with Gasteiger partial charge in [0.2, 0.25) is 0 Å². The first kappa shape index (κ1) is 17.6. The Morgan fingerprint density at radius 1 is 1.19 bits per heavy atom. The van der Waals surface area contributed by atoms with E-state index in [2.05, 4.69) is 15.4 Å². The molecule has 1 atom stereocenters. The molecule has 0 radical (unpaired) electrons. The van der Waals surface area contributed by atoms with E-state index in [0.29, 0.717) is 6.54 Å². The molecule has 7 nitrogen and oxygen atoms in total. The highest BCUT2D eigenvalue weighted by Crippen LogP contribution is 2.16. The summed E-state index contributed by atoms with van der Waals surface area (Å²) in [5.41, 5.74) is 2.01. The molecule has 0 aliphatic carbocycles. The maximum Gasteiger partial charge on any atom is 0.272 e. The summed E-state index contributed by atoms with van der Waals surface area (Å²) < 4.78 is 3.23. The zero-order valence-corrected chi connectivity index (χ0v) is 14.8. The summed E-state index contributed by atoms with van der Waals surface area (Å²) in [6.45, 7) is 4.35. The van der Waals surface area contributed by atoms with Crippen LogP contribution in [0, 0.1) is 0 Å². The molecule has 3 aromatic rings. The number of rotatable bonds is 6. The van der Waals surface area contributed by atoms with Gasteiger partial charge >= 0.3 is 0 Å². The molecule has 1 aromatic carbocycles. The van der Waals surface area contributed by atoms with Crippen molar-refractivity contribution >= 4 is 5.91 Å². The first-order chi connectivity index (χ1) is 12.6. The van der Waals surface area contributed by atoms with Crippen molar-refractivity contribution in [2.45, 2.75) is 32.9 Å². The van der Waals surface area contributed by atoms with Crippen LogP contribution in [0.25, 0.3) is 5.69 Å². The molecule has 2 aromatic heterocycles. The van der Waals surface area contributed by atoms with Gasteiger partial charge < -0.3 is 9.88 Å². The van der Waals surface area contributed by atoms with Gasteiger partial charge in [-0.3, -0.25) is 9.59 Å². The predicted octanol–water partition coefficient (Wildman–Crippen LogP) is 2.33. The normalized spacial score (nSPS) is 11.9. The van der Waals surface area contributed by atoms with E-state index in [0.717, 1.165) is 17.7 Å². The second-order valence-electron chi connectivity index (χ2n) is 6.04. The third-order valence-electron chi connectivity index (χ3n) is 4.08. The minimum atomic E-state index is -0.305. The number of aromatic nitrogens is 4. The lowest BCUT2D eigenvalue weighted by Crippen LogP contribution is -2.31. The predicted molar refractivity (Wildman–Crippen MR) is 98.2 cm³/mol. The molecule has 2 heterocycles. The molecule has 1 unspecified atom stereocenters. The largest absolute Gasteiger partial charge is 0.344 e. The van der Waals surface area contributed by atoms with Crippen LogP contribution < -0.4 is 10.9 Å². The Morgan fingerprint density at radius 3 is 2.62 bits per heavy atom. The number of hydrogen-bond acceptors (Lipinski definition) is 4.